The number of H-pyrrole nitrogens is 1. The summed E-state index contributed by atoms with van der Waals surface area (Å²) in [5, 5.41) is -0.000100. The summed E-state index contributed by atoms with van der Waals surface area (Å²) in [5.41, 5.74) is 0.518. The lowest BCUT2D eigenvalue weighted by atomic mass is 9.99. The zero-order valence-electron chi connectivity index (χ0n) is 14.4. The number of hydrogen-bond acceptors (Lipinski definition) is 3. The van der Waals surface area contributed by atoms with Crippen LogP contribution in [0.5, 0.6) is 0 Å². The predicted molar refractivity (Wildman–Crippen MR) is 96.2 cm³/mol. The van der Waals surface area contributed by atoms with Crippen molar-refractivity contribution in [2.75, 3.05) is 26.3 Å². The van der Waals surface area contributed by atoms with Crippen molar-refractivity contribution in [3.8, 4) is 0 Å². The molecule has 2 aromatic rings. The lowest BCUT2D eigenvalue weighted by Crippen LogP contribution is -2.45. The Labute approximate surface area is 154 Å². The van der Waals surface area contributed by atoms with Crippen molar-refractivity contribution in [2.45, 2.75) is 44.2 Å². The summed E-state index contributed by atoms with van der Waals surface area (Å²) in [5.74, 6) is 0. The van der Waals surface area contributed by atoms with Gasteiger partial charge in [0, 0.05) is 44.0 Å². The second kappa shape index (κ2) is 7.29. The van der Waals surface area contributed by atoms with Crippen LogP contribution in [0.1, 0.15) is 43.7 Å². The maximum Gasteiger partial charge on any atom is 0.326 e. The zero-order valence-corrected chi connectivity index (χ0v) is 15.1. The second-order valence-electron chi connectivity index (χ2n) is 7.10. The standard InChI is InChI=1S/C18H22ClF2N3O2/c19-14-10-16-15(9-13(14)17(20)21)22-18(25)24(16)12-1-5-23(6-2-12)11-3-7-26-8-4-11/h9-12,17H,1-8H2,(H,22,25). The Hall–Kier alpha value is -1.44. The number of rotatable bonds is 3. The molecule has 0 unspecified atom stereocenters. The quantitative estimate of drug-likeness (QED) is 0.875. The first-order valence-electron chi connectivity index (χ1n) is 9.08. The molecule has 26 heavy (non-hydrogen) atoms. The molecular weight excluding hydrogens is 364 g/mol. The van der Waals surface area contributed by atoms with Crippen LogP contribution in [0, 0.1) is 0 Å². The molecule has 2 fully saturated rings. The number of ether oxygens (including phenoxy) is 1. The van der Waals surface area contributed by atoms with Gasteiger partial charge in [-0.25, -0.2) is 13.6 Å². The molecule has 8 heteroatoms. The Morgan fingerprint density at radius 1 is 1.12 bits per heavy atom. The van der Waals surface area contributed by atoms with Crippen LogP contribution in [-0.2, 0) is 4.74 Å². The highest BCUT2D eigenvalue weighted by atomic mass is 35.5. The fourth-order valence-electron chi connectivity index (χ4n) is 4.25. The molecule has 2 aliphatic rings. The smallest absolute Gasteiger partial charge is 0.326 e. The molecule has 0 atom stereocenters. The molecule has 1 N–H and O–H groups in total. The lowest BCUT2D eigenvalue weighted by molar-refractivity contribution is 0.0220. The molecule has 3 heterocycles. The van der Waals surface area contributed by atoms with E-state index in [1.54, 1.807) is 4.57 Å². The van der Waals surface area contributed by atoms with Gasteiger partial charge in [-0.2, -0.15) is 0 Å². The van der Waals surface area contributed by atoms with E-state index in [9.17, 15) is 13.6 Å². The number of nitrogens with one attached hydrogen (secondary N) is 1. The molecule has 5 nitrogen and oxygen atoms in total. The normalized spacial score (nSPS) is 21.1. The van der Waals surface area contributed by atoms with E-state index in [1.165, 1.54) is 12.1 Å². The van der Waals surface area contributed by atoms with Gasteiger partial charge < -0.3 is 14.6 Å². The summed E-state index contributed by atoms with van der Waals surface area (Å²) in [6.45, 7) is 3.49. The van der Waals surface area contributed by atoms with Crippen LogP contribution in [0.4, 0.5) is 8.78 Å². The Balaban J connectivity index is 1.56. The predicted octanol–water partition coefficient (Wildman–Crippen LogP) is 3.74. The number of nitrogens with zero attached hydrogens (tertiary/aromatic N) is 2. The number of alkyl halides is 2. The van der Waals surface area contributed by atoms with Crippen molar-refractivity contribution in [2.24, 2.45) is 0 Å². The maximum atomic E-state index is 13.0. The summed E-state index contributed by atoms with van der Waals surface area (Å²) in [6, 6.07) is 3.40. The van der Waals surface area contributed by atoms with Crippen molar-refractivity contribution >= 4 is 22.6 Å². The number of halogens is 3. The average molecular weight is 386 g/mol. The van der Waals surface area contributed by atoms with Crippen molar-refractivity contribution in [3.05, 3.63) is 33.2 Å². The third-order valence-corrected chi connectivity index (χ3v) is 5.97. The van der Waals surface area contributed by atoms with E-state index in [0.717, 1.165) is 52.0 Å². The first-order valence-corrected chi connectivity index (χ1v) is 9.46. The van der Waals surface area contributed by atoms with Crippen molar-refractivity contribution in [3.63, 3.8) is 0 Å². The highest BCUT2D eigenvalue weighted by Gasteiger charge is 2.29. The van der Waals surface area contributed by atoms with Gasteiger partial charge >= 0.3 is 5.69 Å². The summed E-state index contributed by atoms with van der Waals surface area (Å²) in [7, 11) is 0. The zero-order chi connectivity index (χ0) is 18.3. The fraction of sp³-hybridized carbons (Fsp3) is 0.611. The molecule has 4 rings (SSSR count). The summed E-state index contributed by atoms with van der Waals surface area (Å²) in [6.07, 6.45) is 1.17. The van der Waals surface area contributed by atoms with Crippen molar-refractivity contribution in [1.29, 1.82) is 0 Å². The van der Waals surface area contributed by atoms with E-state index in [-0.39, 0.29) is 22.3 Å². The summed E-state index contributed by atoms with van der Waals surface area (Å²) < 4.78 is 33.2. The van der Waals surface area contributed by atoms with E-state index >= 15 is 0 Å². The minimum atomic E-state index is -2.67. The van der Waals surface area contributed by atoms with Gasteiger partial charge in [0.1, 0.15) is 0 Å². The summed E-state index contributed by atoms with van der Waals surface area (Å²) >= 11 is 6.01. The van der Waals surface area contributed by atoms with Gasteiger partial charge in [0.2, 0.25) is 0 Å². The van der Waals surface area contributed by atoms with Crippen LogP contribution >= 0.6 is 11.6 Å². The number of piperidine rings is 1. The Morgan fingerprint density at radius 3 is 2.46 bits per heavy atom. The molecule has 0 radical (unpaired) electrons. The number of benzene rings is 1. The second-order valence-corrected chi connectivity index (χ2v) is 7.51. The van der Waals surface area contributed by atoms with Gasteiger partial charge in [0.25, 0.3) is 6.43 Å². The van der Waals surface area contributed by atoms with Crippen LogP contribution in [-0.4, -0.2) is 46.8 Å². The van der Waals surface area contributed by atoms with E-state index in [0.29, 0.717) is 17.1 Å². The average Bonchev–Trinajstić information content (AvgIpc) is 2.96. The Bertz CT molecular complexity index is 837. The van der Waals surface area contributed by atoms with E-state index in [2.05, 4.69) is 9.88 Å². The van der Waals surface area contributed by atoms with Crippen LogP contribution in [0.25, 0.3) is 11.0 Å². The minimum absolute atomic E-state index is 0.000100. The molecule has 1 aromatic heterocycles. The van der Waals surface area contributed by atoms with Crippen molar-refractivity contribution in [1.82, 2.24) is 14.5 Å². The molecule has 2 saturated heterocycles. The van der Waals surface area contributed by atoms with Gasteiger partial charge in [-0.05, 0) is 37.8 Å². The van der Waals surface area contributed by atoms with Crippen LogP contribution in [0.2, 0.25) is 5.02 Å². The molecule has 0 bridgehead atoms. The highest BCUT2D eigenvalue weighted by Crippen LogP contribution is 2.33. The molecular formula is C18H22ClF2N3O2. The largest absolute Gasteiger partial charge is 0.381 e. The Kier molecular flexibility index (Phi) is 5.03. The SMILES string of the molecule is O=c1[nH]c2cc(C(F)F)c(Cl)cc2n1C1CCN(C2CCOCC2)CC1. The van der Waals surface area contributed by atoms with Gasteiger partial charge in [-0.3, -0.25) is 4.57 Å². The maximum absolute atomic E-state index is 13.0. The van der Waals surface area contributed by atoms with Crippen LogP contribution in [0.15, 0.2) is 16.9 Å². The third kappa shape index (κ3) is 3.28. The van der Waals surface area contributed by atoms with Crippen molar-refractivity contribution < 1.29 is 13.5 Å². The van der Waals surface area contributed by atoms with Crippen LogP contribution < -0.4 is 5.69 Å². The molecule has 0 saturated carbocycles. The number of imidazole rings is 1. The number of aromatic nitrogens is 2. The Morgan fingerprint density at radius 2 is 1.81 bits per heavy atom. The van der Waals surface area contributed by atoms with Gasteiger partial charge in [0.15, 0.2) is 0 Å². The topological polar surface area (TPSA) is 50.3 Å². The first-order chi connectivity index (χ1) is 12.5. The highest BCUT2D eigenvalue weighted by molar-refractivity contribution is 6.32. The lowest BCUT2D eigenvalue weighted by Gasteiger charge is -2.39. The van der Waals surface area contributed by atoms with E-state index in [4.69, 9.17) is 16.3 Å². The van der Waals surface area contributed by atoms with Gasteiger partial charge in [0.05, 0.1) is 16.1 Å². The minimum Gasteiger partial charge on any atom is -0.381 e. The third-order valence-electron chi connectivity index (χ3n) is 5.64. The number of likely N-dealkylation sites (tertiary alicyclic amines) is 1. The molecule has 1 aromatic carbocycles. The molecule has 0 spiro atoms. The molecule has 0 amide bonds. The first kappa shape index (κ1) is 17.9. The number of hydrogen-bond donors (Lipinski definition) is 1. The van der Waals surface area contributed by atoms with Gasteiger partial charge in [-0.1, -0.05) is 11.6 Å². The van der Waals surface area contributed by atoms with Crippen LogP contribution in [0.3, 0.4) is 0 Å². The fourth-order valence-corrected chi connectivity index (χ4v) is 4.49. The van der Waals surface area contributed by atoms with E-state index < -0.39 is 6.43 Å². The summed E-state index contributed by atoms with van der Waals surface area (Å²) in [4.78, 5) is 17.7. The van der Waals surface area contributed by atoms with E-state index in [1.807, 2.05) is 0 Å². The molecule has 0 aliphatic carbocycles. The van der Waals surface area contributed by atoms with Gasteiger partial charge in [-0.15, -0.1) is 0 Å². The number of fused-ring (bicyclic) bond motifs is 1. The monoisotopic (exact) mass is 385 g/mol. The molecule has 142 valence electrons. The number of aromatic amines is 1. The molecule has 2 aliphatic heterocycles.